The molecule has 0 fully saturated rings. The van der Waals surface area contributed by atoms with Gasteiger partial charge in [0.2, 0.25) is 0 Å². The largest absolute Gasteiger partial charge is 0.324 e. The average molecular weight is 347 g/mol. The van der Waals surface area contributed by atoms with E-state index in [9.17, 15) is 0 Å². The summed E-state index contributed by atoms with van der Waals surface area (Å²) >= 11 is 3.66. The fraction of sp³-hybridized carbons (Fsp3) is 0.375. The Balaban J connectivity index is 2.08. The van der Waals surface area contributed by atoms with E-state index in [0.29, 0.717) is 0 Å². The van der Waals surface area contributed by atoms with Crippen molar-refractivity contribution in [3.8, 4) is 0 Å². The van der Waals surface area contributed by atoms with Crippen molar-refractivity contribution in [1.82, 2.24) is 19.3 Å². The van der Waals surface area contributed by atoms with Crippen molar-refractivity contribution in [3.05, 3.63) is 45.4 Å². The van der Waals surface area contributed by atoms with Crippen LogP contribution in [-0.4, -0.2) is 19.3 Å². The van der Waals surface area contributed by atoms with Crippen molar-refractivity contribution in [2.24, 2.45) is 0 Å². The van der Waals surface area contributed by atoms with Gasteiger partial charge in [-0.3, -0.25) is 4.68 Å². The van der Waals surface area contributed by atoms with E-state index < -0.39 is 0 Å². The molecule has 0 aliphatic carbocycles. The highest BCUT2D eigenvalue weighted by Gasteiger charge is 2.14. The lowest BCUT2D eigenvalue weighted by Crippen LogP contribution is -2.07. The molecule has 0 bridgehead atoms. The quantitative estimate of drug-likeness (QED) is 0.718. The first-order valence-corrected chi connectivity index (χ1v) is 7.94. The molecule has 3 rings (SSSR count). The Morgan fingerprint density at radius 2 is 1.86 bits per heavy atom. The van der Waals surface area contributed by atoms with Crippen molar-refractivity contribution in [2.45, 2.75) is 40.8 Å². The third kappa shape index (κ3) is 2.39. The summed E-state index contributed by atoms with van der Waals surface area (Å²) in [6.07, 6.45) is 1.92. The second-order valence-electron chi connectivity index (χ2n) is 5.46. The number of hydrogen-bond acceptors (Lipinski definition) is 2. The highest BCUT2D eigenvalue weighted by atomic mass is 79.9. The van der Waals surface area contributed by atoms with Crippen LogP contribution in [0.25, 0.3) is 11.0 Å². The molecular formula is C16H19BrN4. The van der Waals surface area contributed by atoms with Gasteiger partial charge in [0.15, 0.2) is 0 Å². The van der Waals surface area contributed by atoms with E-state index in [1.54, 1.807) is 0 Å². The van der Waals surface area contributed by atoms with Crippen LogP contribution in [-0.2, 0) is 13.1 Å². The molecule has 0 amide bonds. The summed E-state index contributed by atoms with van der Waals surface area (Å²) in [4.78, 5) is 4.53. The zero-order chi connectivity index (χ0) is 15.1. The highest BCUT2D eigenvalue weighted by molar-refractivity contribution is 9.10. The van der Waals surface area contributed by atoms with Crippen molar-refractivity contribution in [2.75, 3.05) is 0 Å². The van der Waals surface area contributed by atoms with E-state index in [0.717, 1.165) is 28.8 Å². The number of halogens is 1. The predicted octanol–water partition coefficient (Wildman–Crippen LogP) is 3.99. The number of rotatable bonds is 3. The predicted molar refractivity (Wildman–Crippen MR) is 88.6 cm³/mol. The first-order valence-electron chi connectivity index (χ1n) is 7.15. The molecule has 0 spiro atoms. The molecular weight excluding hydrogens is 328 g/mol. The van der Waals surface area contributed by atoms with Crippen molar-refractivity contribution in [1.29, 1.82) is 0 Å². The van der Waals surface area contributed by atoms with Gasteiger partial charge >= 0.3 is 0 Å². The molecule has 0 aliphatic rings. The Morgan fingerprint density at radius 3 is 2.57 bits per heavy atom. The van der Waals surface area contributed by atoms with Crippen LogP contribution in [0, 0.1) is 20.8 Å². The van der Waals surface area contributed by atoms with E-state index in [4.69, 9.17) is 0 Å². The van der Waals surface area contributed by atoms with Gasteiger partial charge in [0, 0.05) is 6.54 Å². The number of imidazole rings is 1. The third-order valence-electron chi connectivity index (χ3n) is 4.01. The maximum absolute atomic E-state index is 4.56. The van der Waals surface area contributed by atoms with Gasteiger partial charge in [-0.15, -0.1) is 0 Å². The lowest BCUT2D eigenvalue weighted by molar-refractivity contribution is 0.600. The van der Waals surface area contributed by atoms with Crippen LogP contribution >= 0.6 is 15.9 Å². The molecule has 1 aromatic carbocycles. The monoisotopic (exact) mass is 346 g/mol. The minimum atomic E-state index is 0.772. The zero-order valence-electron chi connectivity index (χ0n) is 12.8. The molecule has 5 heteroatoms. The minimum absolute atomic E-state index is 0.772. The Labute approximate surface area is 132 Å². The van der Waals surface area contributed by atoms with Crippen LogP contribution in [0.4, 0.5) is 0 Å². The summed E-state index contributed by atoms with van der Waals surface area (Å²) in [5.41, 5.74) is 7.02. The van der Waals surface area contributed by atoms with Crippen LogP contribution in [0.1, 0.15) is 29.4 Å². The molecule has 2 heterocycles. The van der Waals surface area contributed by atoms with E-state index >= 15 is 0 Å². The van der Waals surface area contributed by atoms with E-state index in [-0.39, 0.29) is 0 Å². The highest BCUT2D eigenvalue weighted by Crippen LogP contribution is 2.24. The number of hydrogen-bond donors (Lipinski definition) is 0. The summed E-state index contributed by atoms with van der Waals surface area (Å²) in [7, 11) is 0. The molecule has 21 heavy (non-hydrogen) atoms. The maximum Gasteiger partial charge on any atom is 0.0962 e. The fourth-order valence-electron chi connectivity index (χ4n) is 2.62. The van der Waals surface area contributed by atoms with Gasteiger partial charge in [0.25, 0.3) is 0 Å². The van der Waals surface area contributed by atoms with Gasteiger partial charge in [0.05, 0.1) is 39.8 Å². The molecule has 0 saturated heterocycles. The van der Waals surface area contributed by atoms with Gasteiger partial charge in [-0.1, -0.05) is 0 Å². The summed E-state index contributed by atoms with van der Waals surface area (Å²) in [5, 5.41) is 4.56. The fourth-order valence-corrected chi connectivity index (χ4v) is 3.03. The van der Waals surface area contributed by atoms with Crippen molar-refractivity contribution in [3.63, 3.8) is 0 Å². The third-order valence-corrected chi connectivity index (χ3v) is 5.04. The molecule has 0 aliphatic heterocycles. The first kappa shape index (κ1) is 14.3. The lowest BCUT2D eigenvalue weighted by Gasteiger charge is -2.08. The molecule has 0 saturated carbocycles. The van der Waals surface area contributed by atoms with E-state index in [1.165, 1.54) is 22.3 Å². The Morgan fingerprint density at radius 1 is 1.14 bits per heavy atom. The second-order valence-corrected chi connectivity index (χ2v) is 6.25. The number of fused-ring (bicyclic) bond motifs is 1. The van der Waals surface area contributed by atoms with Crippen LogP contribution in [0.3, 0.4) is 0 Å². The number of nitrogens with zero attached hydrogens (tertiary/aromatic N) is 4. The standard InChI is InChI=1S/C16H19BrN4/c1-5-21-15(16(17)12(4)19-21)8-20-9-18-13-6-10(2)11(3)7-14(13)20/h6-7,9H,5,8H2,1-4H3. The van der Waals surface area contributed by atoms with Crippen LogP contribution < -0.4 is 0 Å². The van der Waals surface area contributed by atoms with E-state index in [2.05, 4.69) is 63.5 Å². The maximum atomic E-state index is 4.56. The Bertz CT molecular complexity index is 813. The van der Waals surface area contributed by atoms with Crippen LogP contribution in [0.5, 0.6) is 0 Å². The Hall–Kier alpha value is -1.62. The normalized spacial score (nSPS) is 11.5. The average Bonchev–Trinajstić information content (AvgIpc) is 2.96. The van der Waals surface area contributed by atoms with E-state index in [1.807, 2.05) is 17.9 Å². The molecule has 0 N–H and O–H groups in total. The second kappa shape index (κ2) is 5.30. The molecule has 0 unspecified atom stereocenters. The van der Waals surface area contributed by atoms with Crippen molar-refractivity contribution < 1.29 is 0 Å². The first-order chi connectivity index (χ1) is 10.0. The Kier molecular flexibility index (Phi) is 3.61. The summed E-state index contributed by atoms with van der Waals surface area (Å²) in [6, 6.07) is 4.36. The van der Waals surface area contributed by atoms with Gasteiger partial charge in [-0.05, 0) is 66.9 Å². The summed E-state index contributed by atoms with van der Waals surface area (Å²) in [6.45, 7) is 10.0. The van der Waals surface area contributed by atoms with Gasteiger partial charge in [0.1, 0.15) is 0 Å². The van der Waals surface area contributed by atoms with Gasteiger partial charge in [-0.25, -0.2) is 4.98 Å². The smallest absolute Gasteiger partial charge is 0.0962 e. The van der Waals surface area contributed by atoms with Crippen LogP contribution in [0.2, 0.25) is 0 Å². The topological polar surface area (TPSA) is 35.6 Å². The zero-order valence-corrected chi connectivity index (χ0v) is 14.4. The molecule has 4 nitrogen and oxygen atoms in total. The molecule has 0 atom stereocenters. The SMILES string of the molecule is CCn1nc(C)c(Br)c1Cn1cnc2cc(C)c(C)cc21. The molecule has 3 aromatic rings. The number of aryl methyl sites for hydroxylation is 4. The van der Waals surface area contributed by atoms with Gasteiger partial charge in [-0.2, -0.15) is 5.10 Å². The molecule has 0 radical (unpaired) electrons. The summed E-state index contributed by atoms with van der Waals surface area (Å²) in [5.74, 6) is 0. The molecule has 2 aromatic heterocycles. The number of aromatic nitrogens is 4. The van der Waals surface area contributed by atoms with Gasteiger partial charge < -0.3 is 4.57 Å². The lowest BCUT2D eigenvalue weighted by atomic mass is 10.1. The van der Waals surface area contributed by atoms with Crippen molar-refractivity contribution >= 4 is 27.0 Å². The van der Waals surface area contributed by atoms with Crippen LogP contribution in [0.15, 0.2) is 22.9 Å². The minimum Gasteiger partial charge on any atom is -0.324 e. The summed E-state index contributed by atoms with van der Waals surface area (Å²) < 4.78 is 5.33. The molecule has 110 valence electrons. The number of benzene rings is 1.